The second-order valence-corrected chi connectivity index (χ2v) is 12.3. The van der Waals surface area contributed by atoms with E-state index < -0.39 is 10.0 Å². The average molecular weight is 594 g/mol. The van der Waals surface area contributed by atoms with E-state index in [4.69, 9.17) is 9.97 Å². The minimum atomic E-state index is -3.57. The van der Waals surface area contributed by atoms with Gasteiger partial charge in [-0.2, -0.15) is 0 Å². The number of hydrogen-bond donors (Lipinski definition) is 3. The summed E-state index contributed by atoms with van der Waals surface area (Å²) in [5, 5.41) is 5.26. The zero-order valence-corrected chi connectivity index (χ0v) is 24.6. The molecule has 0 radical (unpaired) electrons. The number of aromatic nitrogens is 3. The van der Waals surface area contributed by atoms with Crippen molar-refractivity contribution in [3.8, 4) is 22.6 Å². The SMILES string of the molecule is Cc1nc(NC[C@H]2CC[C@H](CNS(=O)(=O)c3cccc4ccccc34)CC2)c2nc(-c3ccccc3)cc-2[nH]1.Cl.O. The van der Waals surface area contributed by atoms with Crippen LogP contribution in [-0.4, -0.2) is 41.9 Å². The summed E-state index contributed by atoms with van der Waals surface area (Å²) in [5.74, 6) is 2.52. The van der Waals surface area contributed by atoms with Crippen molar-refractivity contribution in [2.45, 2.75) is 37.5 Å². The predicted molar refractivity (Wildman–Crippen MR) is 167 cm³/mol. The second-order valence-electron chi connectivity index (χ2n) is 10.5. The largest absolute Gasteiger partial charge is 0.412 e. The summed E-state index contributed by atoms with van der Waals surface area (Å²) in [6, 6.07) is 25.3. The molecule has 0 atom stereocenters. The van der Waals surface area contributed by atoms with Crippen molar-refractivity contribution in [1.29, 1.82) is 0 Å². The first-order chi connectivity index (χ1) is 19.0. The van der Waals surface area contributed by atoms with Gasteiger partial charge >= 0.3 is 0 Å². The van der Waals surface area contributed by atoms with Crippen LogP contribution in [0.1, 0.15) is 31.5 Å². The van der Waals surface area contributed by atoms with E-state index in [1.807, 2.05) is 55.5 Å². The first-order valence-corrected chi connectivity index (χ1v) is 15.1. The molecular formula is C31H36ClN5O3S. The van der Waals surface area contributed by atoms with Gasteiger partial charge in [0.1, 0.15) is 11.5 Å². The molecule has 1 aliphatic carbocycles. The Balaban J connectivity index is 0.00000194. The van der Waals surface area contributed by atoms with Crippen LogP contribution in [0.2, 0.25) is 0 Å². The Hall–Kier alpha value is -3.50. The van der Waals surface area contributed by atoms with Crippen LogP contribution in [0, 0.1) is 18.8 Å². The fourth-order valence-electron chi connectivity index (χ4n) is 5.63. The molecule has 0 aromatic heterocycles. The van der Waals surface area contributed by atoms with Crippen LogP contribution in [0.4, 0.5) is 5.82 Å². The molecule has 3 aliphatic rings. The molecule has 1 fully saturated rings. The van der Waals surface area contributed by atoms with Gasteiger partial charge in [-0.3, -0.25) is 0 Å². The standard InChI is InChI=1S/C31H33N5O2S.ClH.H2O/c1-21-34-28-18-27(25-9-3-2-4-10-25)36-30(28)31(35-21)32-19-22-14-16-23(17-15-22)20-33-39(37,38)29-13-7-11-24-8-5-6-12-26(24)29;;/h2-13,18,22-23,32-33H,14-17,19-20H2,1H3,(H,34,35);1H;1H2/t22-,23-;;. The molecule has 5 N–H and O–H groups in total. The number of aryl methyl sites for hydroxylation is 1. The van der Waals surface area contributed by atoms with Crippen molar-refractivity contribution in [3.05, 3.63) is 84.7 Å². The number of anilines is 1. The van der Waals surface area contributed by atoms with Crippen molar-refractivity contribution in [2.24, 2.45) is 11.8 Å². The lowest BCUT2D eigenvalue weighted by atomic mass is 9.82. The molecule has 6 rings (SSSR count). The third-order valence-corrected chi connectivity index (χ3v) is 9.26. The van der Waals surface area contributed by atoms with Crippen LogP contribution < -0.4 is 10.0 Å². The monoisotopic (exact) mass is 593 g/mol. The first-order valence-electron chi connectivity index (χ1n) is 13.6. The molecule has 0 saturated heterocycles. The van der Waals surface area contributed by atoms with Gasteiger partial charge in [0.05, 0.1) is 16.3 Å². The second kappa shape index (κ2) is 13.0. The number of halogens is 1. The molecule has 8 nitrogen and oxygen atoms in total. The Bertz CT molecular complexity index is 1660. The van der Waals surface area contributed by atoms with Gasteiger partial charge in [-0.15, -0.1) is 12.4 Å². The quantitative estimate of drug-likeness (QED) is 0.208. The van der Waals surface area contributed by atoms with E-state index in [1.54, 1.807) is 12.1 Å². The third kappa shape index (κ3) is 6.70. The minimum Gasteiger partial charge on any atom is -0.412 e. The number of H-pyrrole nitrogens is 1. The highest BCUT2D eigenvalue weighted by molar-refractivity contribution is 7.89. The van der Waals surface area contributed by atoms with E-state index in [0.717, 1.165) is 77.3 Å². The number of sulfonamides is 1. The van der Waals surface area contributed by atoms with Crippen LogP contribution in [0.25, 0.3) is 33.4 Å². The van der Waals surface area contributed by atoms with Gasteiger partial charge in [-0.25, -0.2) is 23.1 Å². The topological polar surface area (TPSA) is 131 Å². The van der Waals surface area contributed by atoms with Gasteiger partial charge in [0.25, 0.3) is 0 Å². The van der Waals surface area contributed by atoms with Gasteiger partial charge < -0.3 is 15.8 Å². The Morgan fingerprint density at radius 1 is 0.854 bits per heavy atom. The first kappa shape index (κ1) is 30.5. The van der Waals surface area contributed by atoms with Crippen LogP contribution in [0.3, 0.4) is 0 Å². The van der Waals surface area contributed by atoms with E-state index in [0.29, 0.717) is 23.3 Å². The molecule has 10 heteroatoms. The van der Waals surface area contributed by atoms with Gasteiger partial charge in [-0.05, 0) is 62.0 Å². The van der Waals surface area contributed by atoms with Crippen LogP contribution in [-0.2, 0) is 10.0 Å². The number of benzene rings is 3. The summed E-state index contributed by atoms with van der Waals surface area (Å²) < 4.78 is 29.1. The number of nitrogens with one attached hydrogen (secondary N) is 3. The summed E-state index contributed by atoms with van der Waals surface area (Å²) in [5.41, 5.74) is 3.85. The highest BCUT2D eigenvalue weighted by Crippen LogP contribution is 2.33. The molecule has 1 saturated carbocycles. The summed E-state index contributed by atoms with van der Waals surface area (Å²) in [4.78, 5) is 13.3. The molecular weight excluding hydrogens is 558 g/mol. The van der Waals surface area contributed by atoms with E-state index in [1.165, 1.54) is 0 Å². The van der Waals surface area contributed by atoms with Gasteiger partial charge in [0.15, 0.2) is 5.82 Å². The van der Waals surface area contributed by atoms with Gasteiger partial charge in [0, 0.05) is 24.0 Å². The van der Waals surface area contributed by atoms with Gasteiger partial charge in [0.2, 0.25) is 10.0 Å². The maximum atomic E-state index is 13.1. The molecule has 0 bridgehead atoms. The molecule has 3 aromatic rings. The third-order valence-electron chi connectivity index (χ3n) is 7.78. The Kier molecular flexibility index (Phi) is 9.65. The van der Waals surface area contributed by atoms with E-state index in [-0.39, 0.29) is 17.9 Å². The van der Waals surface area contributed by atoms with Crippen molar-refractivity contribution in [1.82, 2.24) is 19.7 Å². The van der Waals surface area contributed by atoms with Crippen molar-refractivity contribution in [2.75, 3.05) is 18.4 Å². The Labute approximate surface area is 247 Å². The normalized spacial score (nSPS) is 17.1. The summed E-state index contributed by atoms with van der Waals surface area (Å²) >= 11 is 0. The maximum Gasteiger partial charge on any atom is 0.241 e. The fourth-order valence-corrected chi connectivity index (χ4v) is 6.98. The van der Waals surface area contributed by atoms with E-state index >= 15 is 0 Å². The molecule has 0 spiro atoms. The predicted octanol–water partition coefficient (Wildman–Crippen LogP) is 5.83. The maximum absolute atomic E-state index is 13.1. The van der Waals surface area contributed by atoms with Crippen molar-refractivity contribution < 1.29 is 13.9 Å². The highest BCUT2D eigenvalue weighted by Gasteiger charge is 2.25. The van der Waals surface area contributed by atoms with Crippen molar-refractivity contribution >= 4 is 39.0 Å². The molecule has 2 heterocycles. The lowest BCUT2D eigenvalue weighted by Gasteiger charge is -2.29. The molecule has 41 heavy (non-hydrogen) atoms. The lowest BCUT2D eigenvalue weighted by molar-refractivity contribution is 0.284. The zero-order valence-electron chi connectivity index (χ0n) is 22.9. The average Bonchev–Trinajstić information content (AvgIpc) is 3.40. The number of aromatic amines is 1. The van der Waals surface area contributed by atoms with Crippen LogP contribution >= 0.6 is 12.4 Å². The van der Waals surface area contributed by atoms with E-state index in [2.05, 4.69) is 33.2 Å². The summed E-state index contributed by atoms with van der Waals surface area (Å²) in [6.07, 6.45) is 4.11. The number of rotatable bonds is 8. The molecule has 3 aromatic carbocycles. The number of nitrogens with zero attached hydrogens (tertiary/aromatic N) is 2. The van der Waals surface area contributed by atoms with E-state index in [9.17, 15) is 8.42 Å². The zero-order chi connectivity index (χ0) is 26.8. The van der Waals surface area contributed by atoms with Crippen LogP contribution in [0.15, 0.2) is 83.8 Å². The highest BCUT2D eigenvalue weighted by atomic mass is 35.5. The smallest absolute Gasteiger partial charge is 0.241 e. The molecule has 2 aliphatic heterocycles. The van der Waals surface area contributed by atoms with Gasteiger partial charge in [-0.1, -0.05) is 66.7 Å². The number of hydrogen-bond acceptors (Lipinski definition) is 5. The number of fused-ring (bicyclic) bond motifs is 2. The lowest BCUT2D eigenvalue weighted by Crippen LogP contribution is -2.32. The molecule has 0 amide bonds. The van der Waals surface area contributed by atoms with Crippen LogP contribution in [0.5, 0.6) is 0 Å². The fraction of sp³-hybridized carbons (Fsp3) is 0.290. The summed E-state index contributed by atoms with van der Waals surface area (Å²) in [7, 11) is -3.57. The van der Waals surface area contributed by atoms with Crippen molar-refractivity contribution in [3.63, 3.8) is 0 Å². The molecule has 0 unspecified atom stereocenters. The Morgan fingerprint density at radius 2 is 1.51 bits per heavy atom. The minimum absolute atomic E-state index is 0. The Morgan fingerprint density at radius 3 is 2.27 bits per heavy atom. The molecule has 216 valence electrons. The summed E-state index contributed by atoms with van der Waals surface area (Å²) in [6.45, 7) is 3.26.